The molecule has 0 fully saturated rings. The SMILES string of the molecule is CC(C)=CCC[C@@]1(C)C=Cc2c(O)c3c(c(CC=C(C)C)c2O1)OC1C(=CC(C=O)C[C@@H]1C(C)(C)OCC/C=C(\C)C(=O)O)C3=O. The summed E-state index contributed by atoms with van der Waals surface area (Å²) in [5, 5.41) is 20.8. The minimum absolute atomic E-state index is 0.0816. The van der Waals surface area contributed by atoms with Gasteiger partial charge in [-0.2, -0.15) is 0 Å². The third kappa shape index (κ3) is 7.38. The molecule has 0 aromatic heterocycles. The molecule has 2 N–H and O–H groups in total. The van der Waals surface area contributed by atoms with Gasteiger partial charge in [-0.15, -0.1) is 0 Å². The lowest BCUT2D eigenvalue weighted by Crippen LogP contribution is -2.51. The van der Waals surface area contributed by atoms with E-state index in [4.69, 9.17) is 14.2 Å². The van der Waals surface area contributed by atoms with Gasteiger partial charge in [-0.3, -0.25) is 4.79 Å². The number of phenols is 1. The highest BCUT2D eigenvalue weighted by atomic mass is 16.5. The second kappa shape index (κ2) is 13.8. The zero-order chi connectivity index (χ0) is 34.0. The number of aromatic hydroxyl groups is 1. The largest absolute Gasteiger partial charge is 0.506 e. The number of ether oxygens (including phenoxy) is 3. The van der Waals surface area contributed by atoms with E-state index in [9.17, 15) is 24.6 Å². The Morgan fingerprint density at radius 1 is 1.09 bits per heavy atom. The van der Waals surface area contributed by atoms with Crippen LogP contribution in [0, 0.1) is 11.8 Å². The molecule has 8 nitrogen and oxygen atoms in total. The van der Waals surface area contributed by atoms with Crippen LogP contribution in [-0.2, 0) is 20.7 Å². The van der Waals surface area contributed by atoms with Crippen molar-refractivity contribution in [3.8, 4) is 17.2 Å². The number of phenolic OH excluding ortho intramolecular Hbond substituents is 1. The molecule has 0 saturated carbocycles. The summed E-state index contributed by atoms with van der Waals surface area (Å²) in [4.78, 5) is 37.6. The molecule has 0 spiro atoms. The number of rotatable bonds is 12. The lowest BCUT2D eigenvalue weighted by Gasteiger charge is -2.45. The Morgan fingerprint density at radius 2 is 1.78 bits per heavy atom. The van der Waals surface area contributed by atoms with E-state index in [0.717, 1.165) is 24.7 Å². The molecule has 0 saturated heterocycles. The molecular formula is C38H48O8. The van der Waals surface area contributed by atoms with E-state index in [0.29, 0.717) is 47.5 Å². The molecule has 2 unspecified atom stereocenters. The molecule has 2 heterocycles. The fourth-order valence-corrected chi connectivity index (χ4v) is 6.36. The average Bonchev–Trinajstić information content (AvgIpc) is 2.98. The summed E-state index contributed by atoms with van der Waals surface area (Å²) in [5.74, 6) is -1.67. The van der Waals surface area contributed by atoms with Crippen LogP contribution in [0.25, 0.3) is 6.08 Å². The smallest absolute Gasteiger partial charge is 0.330 e. The first-order valence-electron chi connectivity index (χ1n) is 16.1. The maximum Gasteiger partial charge on any atom is 0.330 e. The quantitative estimate of drug-likeness (QED) is 0.104. The minimum Gasteiger partial charge on any atom is -0.506 e. The van der Waals surface area contributed by atoms with Gasteiger partial charge >= 0.3 is 5.97 Å². The molecule has 8 heteroatoms. The zero-order valence-corrected chi connectivity index (χ0v) is 28.4. The van der Waals surface area contributed by atoms with E-state index < -0.39 is 35.1 Å². The molecule has 0 radical (unpaired) electrons. The molecule has 1 aromatic rings. The van der Waals surface area contributed by atoms with Crippen LogP contribution in [0.3, 0.4) is 0 Å². The standard InChI is InChI=1S/C38H48O8/c1-22(2)11-9-16-38(8)17-15-26-31(40)30-32(41)28-19-25(21-39)20-29(37(6,7)44-18-10-12-24(5)36(42)43)34(28)45-35(30)27(33(26)46-38)14-13-23(3)4/h11-13,15,17,19,21,25,29,34,40H,9-10,14,16,18,20H2,1-8H3,(H,42,43)/b24-12+/t25?,29-,34?,38-/m0/s1. The van der Waals surface area contributed by atoms with Crippen molar-refractivity contribution in [3.05, 3.63) is 69.4 Å². The van der Waals surface area contributed by atoms with Crippen LogP contribution in [-0.4, -0.2) is 52.2 Å². The number of hydrogen-bond donors (Lipinski definition) is 2. The van der Waals surface area contributed by atoms with Gasteiger partial charge in [0.1, 0.15) is 40.8 Å². The van der Waals surface area contributed by atoms with E-state index in [1.165, 1.54) is 12.5 Å². The highest BCUT2D eigenvalue weighted by Crippen LogP contribution is 2.53. The third-order valence-corrected chi connectivity index (χ3v) is 9.13. The molecular weight excluding hydrogens is 584 g/mol. The molecule has 4 rings (SSSR count). The maximum absolute atomic E-state index is 14.3. The molecule has 0 amide bonds. The topological polar surface area (TPSA) is 119 Å². The van der Waals surface area contributed by atoms with Gasteiger partial charge < -0.3 is 29.2 Å². The van der Waals surface area contributed by atoms with E-state index in [2.05, 4.69) is 26.0 Å². The number of aliphatic carboxylic acids is 1. The number of Topliss-reactive ketones (excluding diaryl/α,β-unsaturated/α-hetero) is 1. The van der Waals surface area contributed by atoms with Gasteiger partial charge in [-0.25, -0.2) is 4.79 Å². The zero-order valence-electron chi connectivity index (χ0n) is 28.4. The predicted molar refractivity (Wildman–Crippen MR) is 179 cm³/mol. The van der Waals surface area contributed by atoms with Crippen molar-refractivity contribution < 1.29 is 38.8 Å². The molecule has 248 valence electrons. The van der Waals surface area contributed by atoms with Crippen LogP contribution < -0.4 is 9.47 Å². The highest BCUT2D eigenvalue weighted by Gasteiger charge is 2.50. The first-order valence-corrected chi connectivity index (χ1v) is 16.1. The third-order valence-electron chi connectivity index (χ3n) is 9.13. The van der Waals surface area contributed by atoms with Crippen LogP contribution in [0.4, 0.5) is 0 Å². The number of carboxylic acids is 1. The van der Waals surface area contributed by atoms with Gasteiger partial charge in [0, 0.05) is 28.5 Å². The van der Waals surface area contributed by atoms with Crippen molar-refractivity contribution >= 4 is 24.1 Å². The summed E-state index contributed by atoms with van der Waals surface area (Å²) >= 11 is 0. The second-order valence-corrected chi connectivity index (χ2v) is 13.9. The van der Waals surface area contributed by atoms with Crippen molar-refractivity contribution in [2.75, 3.05) is 6.61 Å². The molecule has 4 atom stereocenters. The Morgan fingerprint density at radius 3 is 2.41 bits per heavy atom. The lowest BCUT2D eigenvalue weighted by atomic mass is 9.70. The van der Waals surface area contributed by atoms with Crippen LogP contribution in [0.15, 0.2) is 52.7 Å². The molecule has 46 heavy (non-hydrogen) atoms. The second-order valence-electron chi connectivity index (χ2n) is 13.9. The van der Waals surface area contributed by atoms with Crippen molar-refractivity contribution in [1.29, 1.82) is 0 Å². The summed E-state index contributed by atoms with van der Waals surface area (Å²) in [6.07, 6.45) is 14.1. The number of carbonyl (C=O) groups excluding carboxylic acids is 2. The monoisotopic (exact) mass is 632 g/mol. The number of ketones is 1. The number of benzene rings is 1. The number of allylic oxidation sites excluding steroid dienone is 5. The number of aldehydes is 1. The summed E-state index contributed by atoms with van der Waals surface area (Å²) in [6.45, 7) is 15.7. The molecule has 1 aromatic carbocycles. The number of carbonyl (C=O) groups is 3. The normalized spacial score (nSPS) is 23.6. The minimum atomic E-state index is -0.982. The average molecular weight is 633 g/mol. The fraction of sp³-hybridized carbons (Fsp3) is 0.500. The van der Waals surface area contributed by atoms with Gasteiger partial charge in [0.15, 0.2) is 5.78 Å². The highest BCUT2D eigenvalue weighted by molar-refractivity contribution is 6.15. The van der Waals surface area contributed by atoms with Gasteiger partial charge in [-0.05, 0) is 99.6 Å². The van der Waals surface area contributed by atoms with Crippen molar-refractivity contribution in [2.24, 2.45) is 11.8 Å². The summed E-state index contributed by atoms with van der Waals surface area (Å²) in [6, 6.07) is 0. The molecule has 2 aliphatic heterocycles. The summed E-state index contributed by atoms with van der Waals surface area (Å²) in [7, 11) is 0. The first kappa shape index (κ1) is 35.0. The Bertz CT molecular complexity index is 1540. The summed E-state index contributed by atoms with van der Waals surface area (Å²) < 4.78 is 19.8. The van der Waals surface area contributed by atoms with Crippen LogP contribution in [0.1, 0.15) is 103 Å². The summed E-state index contributed by atoms with van der Waals surface area (Å²) in [5.41, 5.74) is 2.63. The Hall–Kier alpha value is -3.91. The number of fused-ring (bicyclic) bond motifs is 3. The molecule has 3 aliphatic rings. The van der Waals surface area contributed by atoms with Gasteiger partial charge in [0.05, 0.1) is 17.8 Å². The van der Waals surface area contributed by atoms with Crippen LogP contribution in [0.2, 0.25) is 0 Å². The Labute approximate surface area is 272 Å². The maximum atomic E-state index is 14.3. The van der Waals surface area contributed by atoms with Crippen molar-refractivity contribution in [2.45, 2.75) is 105 Å². The van der Waals surface area contributed by atoms with Crippen molar-refractivity contribution in [3.63, 3.8) is 0 Å². The van der Waals surface area contributed by atoms with E-state index in [1.807, 2.05) is 46.8 Å². The predicted octanol–water partition coefficient (Wildman–Crippen LogP) is 7.73. The molecule has 1 aliphatic carbocycles. The Balaban J connectivity index is 1.79. The number of carboxylic acid groups (broad SMARTS) is 1. The van der Waals surface area contributed by atoms with E-state index in [1.54, 1.807) is 12.2 Å². The van der Waals surface area contributed by atoms with Crippen molar-refractivity contribution in [1.82, 2.24) is 0 Å². The van der Waals surface area contributed by atoms with Crippen LogP contribution >= 0.6 is 0 Å². The van der Waals surface area contributed by atoms with E-state index >= 15 is 0 Å². The van der Waals surface area contributed by atoms with E-state index in [-0.39, 0.29) is 29.3 Å². The fourth-order valence-electron chi connectivity index (χ4n) is 6.36. The van der Waals surface area contributed by atoms with Gasteiger partial charge in [-0.1, -0.05) is 35.5 Å². The van der Waals surface area contributed by atoms with Gasteiger partial charge in [0.25, 0.3) is 0 Å². The Kier molecular flexibility index (Phi) is 10.5. The molecule has 0 bridgehead atoms. The number of hydrogen-bond acceptors (Lipinski definition) is 7. The first-order chi connectivity index (χ1) is 21.6. The lowest BCUT2D eigenvalue weighted by molar-refractivity contribution is -0.132. The van der Waals surface area contributed by atoms with Crippen LogP contribution in [0.5, 0.6) is 17.2 Å². The van der Waals surface area contributed by atoms with Gasteiger partial charge in [0.2, 0.25) is 0 Å².